The van der Waals surface area contributed by atoms with Crippen molar-refractivity contribution in [2.24, 2.45) is 28.1 Å². The van der Waals surface area contributed by atoms with Gasteiger partial charge in [-0.2, -0.15) is 9.78 Å². The summed E-state index contributed by atoms with van der Waals surface area (Å²) in [6.45, 7) is 19.7. The van der Waals surface area contributed by atoms with Crippen molar-refractivity contribution in [3.8, 4) is 0 Å². The van der Waals surface area contributed by atoms with Crippen LogP contribution in [0.5, 0.6) is 0 Å². The van der Waals surface area contributed by atoms with Crippen LogP contribution in [0.3, 0.4) is 0 Å². The molecule has 1 aliphatic carbocycles. The predicted molar refractivity (Wildman–Crippen MR) is 85.9 cm³/mol. The van der Waals surface area contributed by atoms with Crippen molar-refractivity contribution in [1.29, 1.82) is 0 Å². The molecular formula is C18H34O4. The molecule has 1 heterocycles. The molecule has 2 aliphatic rings. The highest BCUT2D eigenvalue weighted by atomic mass is 17.3. The molecule has 22 heavy (non-hydrogen) atoms. The van der Waals surface area contributed by atoms with E-state index >= 15 is 0 Å². The van der Waals surface area contributed by atoms with Gasteiger partial charge in [0.2, 0.25) is 0 Å². The lowest BCUT2D eigenvalue weighted by Crippen LogP contribution is -2.85. The Hall–Kier alpha value is -0.160. The summed E-state index contributed by atoms with van der Waals surface area (Å²) in [5.74, 6) is -0.664. The largest absolute Gasteiger partial charge is 0.269 e. The fraction of sp³-hybridized carbons (Fsp3) is 1.00. The van der Waals surface area contributed by atoms with Crippen molar-refractivity contribution in [2.45, 2.75) is 86.5 Å². The van der Waals surface area contributed by atoms with Crippen molar-refractivity contribution < 1.29 is 19.9 Å². The summed E-state index contributed by atoms with van der Waals surface area (Å²) in [4.78, 5) is 16.6. The summed E-state index contributed by atoms with van der Waals surface area (Å²) in [5, 5.41) is 9.91. The average molecular weight is 314 g/mol. The Kier molecular flexibility index (Phi) is 4.06. The Morgan fingerprint density at radius 1 is 1.05 bits per heavy atom. The van der Waals surface area contributed by atoms with Gasteiger partial charge in [0, 0.05) is 16.7 Å². The number of fused-ring (bicyclic) bond motifs is 1. The summed E-state index contributed by atoms with van der Waals surface area (Å²) in [6, 6.07) is 0. The first kappa shape index (κ1) is 18.2. The van der Waals surface area contributed by atoms with Crippen LogP contribution in [0.4, 0.5) is 0 Å². The summed E-state index contributed by atoms with van der Waals surface area (Å²) in [7, 11) is 0. The van der Waals surface area contributed by atoms with E-state index in [4.69, 9.17) is 14.7 Å². The molecule has 1 N–H and O–H groups in total. The molecule has 2 fully saturated rings. The van der Waals surface area contributed by atoms with Crippen LogP contribution < -0.4 is 0 Å². The van der Waals surface area contributed by atoms with Crippen molar-refractivity contribution >= 4 is 0 Å². The van der Waals surface area contributed by atoms with Gasteiger partial charge >= 0.3 is 0 Å². The smallest absolute Gasteiger partial charge is 0.249 e. The lowest BCUT2D eigenvalue weighted by molar-refractivity contribution is -0.700. The Labute approximate surface area is 135 Å². The third-order valence-corrected chi connectivity index (χ3v) is 6.65. The van der Waals surface area contributed by atoms with Crippen LogP contribution in [0.2, 0.25) is 0 Å². The predicted octanol–water partition coefficient (Wildman–Crippen LogP) is 5.04. The fourth-order valence-corrected chi connectivity index (χ4v) is 5.11. The first-order valence-corrected chi connectivity index (χ1v) is 8.50. The van der Waals surface area contributed by atoms with Gasteiger partial charge in [0.05, 0.1) is 0 Å². The van der Waals surface area contributed by atoms with Gasteiger partial charge in [-0.15, -0.1) is 0 Å². The molecule has 1 aliphatic heterocycles. The molecular weight excluding hydrogens is 280 g/mol. The Balaban J connectivity index is 2.70. The summed E-state index contributed by atoms with van der Waals surface area (Å²) >= 11 is 0. The highest BCUT2D eigenvalue weighted by Crippen LogP contribution is 2.72. The SMILES string of the molecule is CC(C)C1CCC(C)(C(C)(C)C)C2(C(C)(C)C)OOC12OO. The van der Waals surface area contributed by atoms with E-state index in [0.29, 0.717) is 5.92 Å². The lowest BCUT2D eigenvalue weighted by Gasteiger charge is -2.73. The lowest BCUT2D eigenvalue weighted by atomic mass is 9.42. The molecule has 0 aromatic rings. The number of hydrogen-bond acceptors (Lipinski definition) is 4. The van der Waals surface area contributed by atoms with E-state index in [1.807, 2.05) is 0 Å². The highest BCUT2D eigenvalue weighted by Gasteiger charge is 2.83. The molecule has 1 saturated carbocycles. The van der Waals surface area contributed by atoms with E-state index in [-0.39, 0.29) is 22.2 Å². The molecule has 0 aromatic carbocycles. The number of hydrogen-bond donors (Lipinski definition) is 1. The van der Waals surface area contributed by atoms with E-state index in [0.717, 1.165) is 12.8 Å². The minimum Gasteiger partial charge on any atom is -0.249 e. The quantitative estimate of drug-likeness (QED) is 0.573. The average Bonchev–Trinajstić information content (AvgIpc) is 2.28. The van der Waals surface area contributed by atoms with Gasteiger partial charge in [-0.05, 0) is 24.2 Å². The van der Waals surface area contributed by atoms with E-state index in [2.05, 4.69) is 62.3 Å². The molecule has 4 heteroatoms. The zero-order valence-corrected chi connectivity index (χ0v) is 15.7. The van der Waals surface area contributed by atoms with Crippen molar-refractivity contribution in [1.82, 2.24) is 0 Å². The fourth-order valence-electron chi connectivity index (χ4n) is 5.11. The highest BCUT2D eigenvalue weighted by molar-refractivity contribution is 5.22. The van der Waals surface area contributed by atoms with Crippen molar-refractivity contribution in [3.05, 3.63) is 0 Å². The van der Waals surface area contributed by atoms with Crippen LogP contribution >= 0.6 is 0 Å². The topological polar surface area (TPSA) is 47.9 Å². The standard InChI is InChI=1S/C18H34O4/c1-12(2)13-10-11-16(9,14(3,4)5)18(15(6,7)8)17(13,20-19)21-22-18/h12-13,19H,10-11H2,1-9H3. The second kappa shape index (κ2) is 4.92. The van der Waals surface area contributed by atoms with Crippen LogP contribution in [0.25, 0.3) is 0 Å². The molecule has 0 radical (unpaired) electrons. The summed E-state index contributed by atoms with van der Waals surface area (Å²) in [5.41, 5.74) is -1.16. The Morgan fingerprint density at radius 3 is 1.86 bits per heavy atom. The van der Waals surface area contributed by atoms with Gasteiger partial charge in [-0.3, -0.25) is 0 Å². The minimum atomic E-state index is -1.10. The van der Waals surface area contributed by atoms with Crippen molar-refractivity contribution in [2.75, 3.05) is 0 Å². The third-order valence-electron chi connectivity index (χ3n) is 6.65. The zero-order valence-electron chi connectivity index (χ0n) is 15.7. The normalized spacial score (nSPS) is 43.0. The molecule has 0 amide bonds. The molecule has 4 nitrogen and oxygen atoms in total. The Morgan fingerprint density at radius 2 is 1.59 bits per heavy atom. The van der Waals surface area contributed by atoms with Crippen LogP contribution in [0.15, 0.2) is 0 Å². The van der Waals surface area contributed by atoms with Crippen LogP contribution in [0, 0.1) is 28.1 Å². The first-order valence-electron chi connectivity index (χ1n) is 8.50. The van der Waals surface area contributed by atoms with Gasteiger partial charge in [-0.1, -0.05) is 62.3 Å². The minimum absolute atomic E-state index is 0.0181. The molecule has 4 atom stereocenters. The van der Waals surface area contributed by atoms with E-state index in [1.165, 1.54) is 0 Å². The van der Waals surface area contributed by atoms with Gasteiger partial charge in [0.15, 0.2) is 5.60 Å². The molecule has 0 spiro atoms. The van der Waals surface area contributed by atoms with Crippen LogP contribution in [0.1, 0.15) is 75.2 Å². The second-order valence-electron chi connectivity index (χ2n) is 9.83. The molecule has 2 rings (SSSR count). The first-order chi connectivity index (χ1) is 9.81. The maximum absolute atomic E-state index is 9.91. The second-order valence-corrected chi connectivity index (χ2v) is 9.83. The van der Waals surface area contributed by atoms with Crippen LogP contribution in [-0.2, 0) is 14.7 Å². The third kappa shape index (κ3) is 1.84. The summed E-state index contributed by atoms with van der Waals surface area (Å²) < 4.78 is 0. The monoisotopic (exact) mass is 314 g/mol. The molecule has 130 valence electrons. The molecule has 0 aromatic heterocycles. The van der Waals surface area contributed by atoms with E-state index in [1.54, 1.807) is 0 Å². The van der Waals surface area contributed by atoms with E-state index in [9.17, 15) is 5.26 Å². The van der Waals surface area contributed by atoms with Crippen LogP contribution in [-0.4, -0.2) is 16.6 Å². The zero-order chi connectivity index (χ0) is 17.2. The maximum atomic E-state index is 9.91. The number of rotatable bonds is 2. The molecule has 4 unspecified atom stereocenters. The van der Waals surface area contributed by atoms with Gasteiger partial charge in [0.25, 0.3) is 5.79 Å². The van der Waals surface area contributed by atoms with Crippen molar-refractivity contribution in [3.63, 3.8) is 0 Å². The van der Waals surface area contributed by atoms with Gasteiger partial charge < -0.3 is 0 Å². The molecule has 0 bridgehead atoms. The van der Waals surface area contributed by atoms with Gasteiger partial charge in [-0.25, -0.2) is 10.1 Å². The van der Waals surface area contributed by atoms with E-state index < -0.39 is 11.4 Å². The maximum Gasteiger partial charge on any atom is 0.269 e. The van der Waals surface area contributed by atoms with Gasteiger partial charge in [0.1, 0.15) is 0 Å². The Bertz CT molecular complexity index is 429. The molecule has 1 saturated heterocycles. The summed E-state index contributed by atoms with van der Waals surface area (Å²) in [6.07, 6.45) is 1.97.